The van der Waals surface area contributed by atoms with E-state index in [1.165, 1.54) is 0 Å². The molecule has 0 bridgehead atoms. The maximum atomic E-state index is 5.38. The molecule has 0 unspecified atom stereocenters. The molecule has 1 rings (SSSR count). The monoisotopic (exact) mass is 208 g/mol. The highest BCUT2D eigenvalue weighted by atomic mass is 16.5. The van der Waals surface area contributed by atoms with Gasteiger partial charge in [-0.05, 0) is 26.0 Å². The Labute approximate surface area is 90.3 Å². The van der Waals surface area contributed by atoms with Gasteiger partial charge >= 0.3 is 0 Å². The summed E-state index contributed by atoms with van der Waals surface area (Å²) in [6, 6.07) is 5.42. The van der Waals surface area contributed by atoms with Crippen LogP contribution in [-0.2, 0) is 0 Å². The van der Waals surface area contributed by atoms with Gasteiger partial charge in [-0.3, -0.25) is 0 Å². The molecule has 0 atom stereocenters. The van der Waals surface area contributed by atoms with E-state index in [0.717, 1.165) is 0 Å². The summed E-state index contributed by atoms with van der Waals surface area (Å²) < 4.78 is 15.9. The minimum Gasteiger partial charge on any atom is -0.493 e. The molecule has 0 radical (unpaired) electrons. The number of hydrogen-bond acceptors (Lipinski definition) is 3. The van der Waals surface area contributed by atoms with Crippen molar-refractivity contribution >= 4 is 0 Å². The van der Waals surface area contributed by atoms with Crippen molar-refractivity contribution in [1.82, 2.24) is 0 Å². The van der Waals surface area contributed by atoms with Crippen LogP contribution in [0.4, 0.5) is 0 Å². The van der Waals surface area contributed by atoms with Crippen LogP contribution in [0.2, 0.25) is 0 Å². The fraction of sp³-hybridized carbons (Fsp3) is 0.333. The molecule has 0 aliphatic heterocycles. The molecule has 1 aromatic rings. The molecule has 0 aliphatic rings. The van der Waals surface area contributed by atoms with E-state index >= 15 is 0 Å². The molecule has 3 nitrogen and oxygen atoms in total. The zero-order valence-electron chi connectivity index (χ0n) is 9.37. The number of ether oxygens (including phenoxy) is 3. The quantitative estimate of drug-likeness (QED) is 0.696. The second kappa shape index (κ2) is 5.29. The molecule has 0 fully saturated rings. The molecule has 15 heavy (non-hydrogen) atoms. The molecule has 1 aromatic carbocycles. The predicted octanol–water partition coefficient (Wildman–Crippen LogP) is 3.01. The topological polar surface area (TPSA) is 27.7 Å². The van der Waals surface area contributed by atoms with Gasteiger partial charge in [0.2, 0.25) is 0 Å². The Morgan fingerprint density at radius 1 is 1.33 bits per heavy atom. The first-order chi connectivity index (χ1) is 7.17. The van der Waals surface area contributed by atoms with Gasteiger partial charge in [0.15, 0.2) is 11.5 Å². The SMILES string of the molecule is C=C(C)Oc1ccc(OCC)c(OC)c1. The molecule has 0 heterocycles. The molecular weight excluding hydrogens is 192 g/mol. The fourth-order valence-electron chi connectivity index (χ4n) is 1.19. The normalized spacial score (nSPS) is 9.53. The fourth-order valence-corrected chi connectivity index (χ4v) is 1.19. The molecule has 82 valence electrons. The highest BCUT2D eigenvalue weighted by Gasteiger charge is 2.05. The second-order valence-corrected chi connectivity index (χ2v) is 3.05. The van der Waals surface area contributed by atoms with Gasteiger partial charge in [-0.25, -0.2) is 0 Å². The number of methoxy groups -OCH3 is 1. The first-order valence-electron chi connectivity index (χ1n) is 4.81. The minimum atomic E-state index is 0.608. The van der Waals surface area contributed by atoms with Crippen molar-refractivity contribution in [3.05, 3.63) is 30.5 Å². The van der Waals surface area contributed by atoms with E-state index in [4.69, 9.17) is 14.2 Å². The highest BCUT2D eigenvalue weighted by molar-refractivity contribution is 5.45. The maximum absolute atomic E-state index is 5.38. The molecule has 0 saturated heterocycles. The zero-order chi connectivity index (χ0) is 11.3. The van der Waals surface area contributed by atoms with Crippen LogP contribution in [0, 0.1) is 0 Å². The lowest BCUT2D eigenvalue weighted by atomic mass is 10.3. The average molecular weight is 208 g/mol. The van der Waals surface area contributed by atoms with Crippen molar-refractivity contribution in [2.24, 2.45) is 0 Å². The molecule has 0 aromatic heterocycles. The van der Waals surface area contributed by atoms with Crippen molar-refractivity contribution in [3.8, 4) is 17.2 Å². The Bertz CT molecular complexity index is 345. The lowest BCUT2D eigenvalue weighted by Gasteiger charge is -2.11. The van der Waals surface area contributed by atoms with Crippen LogP contribution in [0.3, 0.4) is 0 Å². The van der Waals surface area contributed by atoms with Crippen LogP contribution < -0.4 is 14.2 Å². The van der Waals surface area contributed by atoms with Crippen LogP contribution in [0.25, 0.3) is 0 Å². The Kier molecular flexibility index (Phi) is 4.03. The molecule has 0 saturated carbocycles. The van der Waals surface area contributed by atoms with Gasteiger partial charge in [0.05, 0.1) is 19.5 Å². The van der Waals surface area contributed by atoms with Crippen LogP contribution in [0.1, 0.15) is 13.8 Å². The lowest BCUT2D eigenvalue weighted by Crippen LogP contribution is -1.96. The third kappa shape index (κ3) is 3.20. The number of allylic oxidation sites excluding steroid dienone is 1. The van der Waals surface area contributed by atoms with E-state index in [-0.39, 0.29) is 0 Å². The molecule has 3 heteroatoms. The standard InChI is InChI=1S/C12H16O3/c1-5-14-11-7-6-10(15-9(2)3)8-12(11)13-4/h6-8H,2,5H2,1,3-4H3. The minimum absolute atomic E-state index is 0.608. The Balaban J connectivity index is 2.91. The first kappa shape index (κ1) is 11.4. The predicted molar refractivity (Wildman–Crippen MR) is 59.6 cm³/mol. The molecule has 0 spiro atoms. The van der Waals surface area contributed by atoms with E-state index < -0.39 is 0 Å². The highest BCUT2D eigenvalue weighted by Crippen LogP contribution is 2.31. The molecular formula is C12H16O3. The zero-order valence-corrected chi connectivity index (χ0v) is 9.37. The van der Waals surface area contributed by atoms with E-state index in [1.807, 2.05) is 19.1 Å². The van der Waals surface area contributed by atoms with Crippen LogP contribution in [0.15, 0.2) is 30.5 Å². The van der Waals surface area contributed by atoms with E-state index in [9.17, 15) is 0 Å². The van der Waals surface area contributed by atoms with Crippen molar-refractivity contribution in [3.63, 3.8) is 0 Å². The van der Waals surface area contributed by atoms with Gasteiger partial charge in [-0.2, -0.15) is 0 Å². The summed E-state index contributed by atoms with van der Waals surface area (Å²) in [5.41, 5.74) is 0. The first-order valence-corrected chi connectivity index (χ1v) is 4.81. The third-order valence-electron chi connectivity index (χ3n) is 1.73. The second-order valence-electron chi connectivity index (χ2n) is 3.05. The van der Waals surface area contributed by atoms with E-state index in [0.29, 0.717) is 29.6 Å². The van der Waals surface area contributed by atoms with Gasteiger partial charge in [0.25, 0.3) is 0 Å². The molecule has 0 amide bonds. The summed E-state index contributed by atoms with van der Waals surface area (Å²) in [7, 11) is 1.60. The summed E-state index contributed by atoms with van der Waals surface area (Å²) in [5.74, 6) is 2.72. The average Bonchev–Trinajstić information content (AvgIpc) is 2.20. The van der Waals surface area contributed by atoms with Crippen molar-refractivity contribution in [1.29, 1.82) is 0 Å². The maximum Gasteiger partial charge on any atom is 0.164 e. The van der Waals surface area contributed by atoms with Gasteiger partial charge in [0, 0.05) is 6.07 Å². The van der Waals surface area contributed by atoms with Crippen LogP contribution >= 0.6 is 0 Å². The third-order valence-corrected chi connectivity index (χ3v) is 1.73. The summed E-state index contributed by atoms with van der Waals surface area (Å²) in [4.78, 5) is 0. The largest absolute Gasteiger partial charge is 0.493 e. The van der Waals surface area contributed by atoms with Gasteiger partial charge < -0.3 is 14.2 Å². The smallest absolute Gasteiger partial charge is 0.164 e. The van der Waals surface area contributed by atoms with E-state index in [1.54, 1.807) is 20.1 Å². The van der Waals surface area contributed by atoms with Crippen LogP contribution in [-0.4, -0.2) is 13.7 Å². The summed E-state index contributed by atoms with van der Waals surface area (Å²) in [6.45, 7) is 8.00. The van der Waals surface area contributed by atoms with Gasteiger partial charge in [-0.15, -0.1) is 0 Å². The summed E-state index contributed by atoms with van der Waals surface area (Å²) >= 11 is 0. The van der Waals surface area contributed by atoms with Crippen molar-refractivity contribution in [2.45, 2.75) is 13.8 Å². The Hall–Kier alpha value is -1.64. The number of benzene rings is 1. The lowest BCUT2D eigenvalue weighted by molar-refractivity contribution is 0.309. The van der Waals surface area contributed by atoms with Crippen LogP contribution in [0.5, 0.6) is 17.2 Å². The summed E-state index contributed by atoms with van der Waals surface area (Å²) in [6.07, 6.45) is 0. The molecule has 0 aliphatic carbocycles. The number of hydrogen-bond donors (Lipinski definition) is 0. The summed E-state index contributed by atoms with van der Waals surface area (Å²) in [5, 5.41) is 0. The van der Waals surface area contributed by atoms with Gasteiger partial charge in [0.1, 0.15) is 5.75 Å². The van der Waals surface area contributed by atoms with Gasteiger partial charge in [-0.1, -0.05) is 6.58 Å². The van der Waals surface area contributed by atoms with E-state index in [2.05, 4.69) is 6.58 Å². The van der Waals surface area contributed by atoms with Crippen molar-refractivity contribution in [2.75, 3.05) is 13.7 Å². The Morgan fingerprint density at radius 3 is 2.60 bits per heavy atom. The Morgan fingerprint density at radius 2 is 2.07 bits per heavy atom. The molecule has 0 N–H and O–H groups in total. The number of rotatable bonds is 5. The van der Waals surface area contributed by atoms with Crippen molar-refractivity contribution < 1.29 is 14.2 Å².